The number of ketones is 1. The second kappa shape index (κ2) is 6.92. The molecule has 5 heteroatoms. The Morgan fingerprint density at radius 3 is 2.41 bits per heavy atom. The minimum atomic E-state index is -0.593. The van der Waals surface area contributed by atoms with Gasteiger partial charge in [-0.05, 0) is 50.1 Å². The molecule has 0 aliphatic heterocycles. The Morgan fingerprint density at radius 2 is 1.69 bits per heavy atom. The standard InChI is InChI=1S/C24H22O5/c1-12-9-17-19(10-13(12)2)29-24(27)22(23(17)26)15(4)21-16-7-5-6-8-18(16)28-20(21)11-14(3)25/h5-10,15,26H,11H2,1-4H3. The molecule has 0 aliphatic rings. The summed E-state index contributed by atoms with van der Waals surface area (Å²) in [6.07, 6.45) is 0.117. The van der Waals surface area contributed by atoms with Crippen molar-refractivity contribution in [3.05, 3.63) is 74.8 Å². The van der Waals surface area contributed by atoms with E-state index in [0.717, 1.165) is 22.1 Å². The molecule has 0 saturated carbocycles. The van der Waals surface area contributed by atoms with Crippen LogP contribution in [0.25, 0.3) is 21.9 Å². The Labute approximate surface area is 167 Å². The Morgan fingerprint density at radius 1 is 1.00 bits per heavy atom. The van der Waals surface area contributed by atoms with Gasteiger partial charge in [0.25, 0.3) is 0 Å². The summed E-state index contributed by atoms with van der Waals surface area (Å²) >= 11 is 0. The first-order valence-electron chi connectivity index (χ1n) is 9.54. The van der Waals surface area contributed by atoms with Crippen LogP contribution in [0.4, 0.5) is 0 Å². The first-order chi connectivity index (χ1) is 13.8. The average molecular weight is 390 g/mol. The fourth-order valence-corrected chi connectivity index (χ4v) is 3.93. The average Bonchev–Trinajstić information content (AvgIpc) is 3.00. The molecule has 0 saturated heterocycles. The molecule has 0 radical (unpaired) electrons. The van der Waals surface area contributed by atoms with Gasteiger partial charge in [-0.3, -0.25) is 4.79 Å². The number of aromatic hydroxyl groups is 1. The van der Waals surface area contributed by atoms with E-state index >= 15 is 0 Å². The first kappa shape index (κ1) is 19.0. The summed E-state index contributed by atoms with van der Waals surface area (Å²) in [6.45, 7) is 7.18. The molecule has 2 heterocycles. The molecule has 0 spiro atoms. The van der Waals surface area contributed by atoms with Gasteiger partial charge in [-0.2, -0.15) is 0 Å². The highest BCUT2D eigenvalue weighted by Gasteiger charge is 2.27. The summed E-state index contributed by atoms with van der Waals surface area (Å²) in [7, 11) is 0. The van der Waals surface area contributed by atoms with Gasteiger partial charge in [-0.25, -0.2) is 4.79 Å². The minimum Gasteiger partial charge on any atom is -0.507 e. The molecule has 148 valence electrons. The lowest BCUT2D eigenvalue weighted by Crippen LogP contribution is -2.13. The molecule has 0 amide bonds. The lowest BCUT2D eigenvalue weighted by Gasteiger charge is -2.15. The molecular formula is C24H22O5. The van der Waals surface area contributed by atoms with Crippen LogP contribution in [-0.4, -0.2) is 10.9 Å². The van der Waals surface area contributed by atoms with Gasteiger partial charge < -0.3 is 13.9 Å². The van der Waals surface area contributed by atoms with E-state index < -0.39 is 11.5 Å². The second-order valence-electron chi connectivity index (χ2n) is 7.62. The molecule has 4 aromatic rings. The minimum absolute atomic E-state index is 0.0432. The Hall–Kier alpha value is -3.34. The van der Waals surface area contributed by atoms with Crippen molar-refractivity contribution in [1.82, 2.24) is 0 Å². The van der Waals surface area contributed by atoms with Crippen molar-refractivity contribution in [2.75, 3.05) is 0 Å². The van der Waals surface area contributed by atoms with E-state index in [-0.39, 0.29) is 23.5 Å². The topological polar surface area (TPSA) is 80.7 Å². The zero-order valence-electron chi connectivity index (χ0n) is 16.8. The first-order valence-corrected chi connectivity index (χ1v) is 9.54. The largest absolute Gasteiger partial charge is 0.507 e. The zero-order chi connectivity index (χ0) is 20.9. The van der Waals surface area contributed by atoms with Crippen LogP contribution in [0.3, 0.4) is 0 Å². The van der Waals surface area contributed by atoms with Gasteiger partial charge in [0.1, 0.15) is 28.5 Å². The van der Waals surface area contributed by atoms with Crippen molar-refractivity contribution in [3.63, 3.8) is 0 Å². The summed E-state index contributed by atoms with van der Waals surface area (Å²) in [5.41, 5.74) is 3.26. The summed E-state index contributed by atoms with van der Waals surface area (Å²) in [4.78, 5) is 24.6. The number of hydrogen-bond acceptors (Lipinski definition) is 5. The summed E-state index contributed by atoms with van der Waals surface area (Å²) in [5, 5.41) is 12.3. The van der Waals surface area contributed by atoms with Crippen molar-refractivity contribution in [2.24, 2.45) is 0 Å². The van der Waals surface area contributed by atoms with E-state index in [0.29, 0.717) is 22.3 Å². The molecule has 1 unspecified atom stereocenters. The molecule has 1 N–H and O–H groups in total. The number of hydrogen-bond donors (Lipinski definition) is 1. The normalized spacial score (nSPS) is 12.6. The fraction of sp³-hybridized carbons (Fsp3) is 0.250. The predicted molar refractivity (Wildman–Crippen MR) is 112 cm³/mol. The van der Waals surface area contributed by atoms with Gasteiger partial charge >= 0.3 is 5.63 Å². The third-order valence-corrected chi connectivity index (χ3v) is 5.52. The summed E-state index contributed by atoms with van der Waals surface area (Å²) < 4.78 is 11.5. The fourth-order valence-electron chi connectivity index (χ4n) is 3.93. The van der Waals surface area contributed by atoms with E-state index in [1.54, 1.807) is 6.07 Å². The number of Topliss-reactive ketones (excluding diaryl/α,β-unsaturated/α-hetero) is 1. The number of carbonyl (C=O) groups is 1. The van der Waals surface area contributed by atoms with Gasteiger partial charge in [-0.1, -0.05) is 25.1 Å². The second-order valence-corrected chi connectivity index (χ2v) is 7.62. The number of rotatable bonds is 4. The number of aryl methyl sites for hydroxylation is 2. The van der Waals surface area contributed by atoms with Gasteiger partial charge in [-0.15, -0.1) is 0 Å². The van der Waals surface area contributed by atoms with Crippen molar-refractivity contribution in [2.45, 2.75) is 40.0 Å². The van der Waals surface area contributed by atoms with Crippen molar-refractivity contribution in [1.29, 1.82) is 0 Å². The molecule has 29 heavy (non-hydrogen) atoms. The van der Waals surface area contributed by atoms with Gasteiger partial charge in [0, 0.05) is 16.9 Å². The van der Waals surface area contributed by atoms with Crippen LogP contribution in [-0.2, 0) is 11.2 Å². The van der Waals surface area contributed by atoms with Crippen LogP contribution in [0, 0.1) is 13.8 Å². The predicted octanol–water partition coefficient (Wildman–Crippen LogP) is 5.14. The molecule has 2 aromatic carbocycles. The van der Waals surface area contributed by atoms with Gasteiger partial charge in [0.15, 0.2) is 0 Å². The molecule has 0 fully saturated rings. The SMILES string of the molecule is CC(=O)Cc1oc2ccccc2c1C(C)c1c(O)c2cc(C)c(C)cc2oc1=O. The van der Waals surface area contributed by atoms with Crippen LogP contribution in [0.2, 0.25) is 0 Å². The molecular weight excluding hydrogens is 368 g/mol. The highest BCUT2D eigenvalue weighted by molar-refractivity contribution is 5.88. The van der Waals surface area contributed by atoms with Crippen LogP contribution < -0.4 is 5.63 Å². The quantitative estimate of drug-likeness (QED) is 0.488. The maximum absolute atomic E-state index is 12.8. The van der Waals surface area contributed by atoms with E-state index in [4.69, 9.17) is 8.83 Å². The number of para-hydroxylation sites is 1. The smallest absolute Gasteiger partial charge is 0.343 e. The van der Waals surface area contributed by atoms with Crippen LogP contribution in [0.5, 0.6) is 5.75 Å². The van der Waals surface area contributed by atoms with E-state index in [1.165, 1.54) is 6.92 Å². The van der Waals surface area contributed by atoms with E-state index in [1.807, 2.05) is 51.1 Å². The molecule has 0 bridgehead atoms. The Bertz CT molecular complexity index is 1320. The number of benzene rings is 2. The van der Waals surface area contributed by atoms with Crippen LogP contribution >= 0.6 is 0 Å². The van der Waals surface area contributed by atoms with E-state index in [2.05, 4.69) is 0 Å². The Kier molecular flexibility index (Phi) is 4.53. The molecule has 1 atom stereocenters. The van der Waals surface area contributed by atoms with Gasteiger partial charge in [0.2, 0.25) is 0 Å². The molecule has 0 aliphatic carbocycles. The lowest BCUT2D eigenvalue weighted by molar-refractivity contribution is -0.116. The number of carbonyl (C=O) groups excluding carboxylic acids is 1. The Balaban J connectivity index is 1.99. The van der Waals surface area contributed by atoms with Gasteiger partial charge in [0.05, 0.1) is 17.4 Å². The van der Waals surface area contributed by atoms with Crippen LogP contribution in [0.15, 0.2) is 50.0 Å². The van der Waals surface area contributed by atoms with Crippen LogP contribution in [0.1, 0.15) is 47.8 Å². The number of furan rings is 1. The molecule has 5 nitrogen and oxygen atoms in total. The highest BCUT2D eigenvalue weighted by atomic mass is 16.4. The maximum Gasteiger partial charge on any atom is 0.343 e. The zero-order valence-corrected chi connectivity index (χ0v) is 16.8. The molecule has 4 rings (SSSR count). The summed E-state index contributed by atoms with van der Waals surface area (Å²) in [6, 6.07) is 11.0. The molecule has 2 aromatic heterocycles. The van der Waals surface area contributed by atoms with Crippen molar-refractivity contribution < 1.29 is 18.7 Å². The van der Waals surface area contributed by atoms with E-state index in [9.17, 15) is 14.7 Å². The lowest BCUT2D eigenvalue weighted by atomic mass is 9.89. The third kappa shape index (κ3) is 3.12. The third-order valence-electron chi connectivity index (χ3n) is 5.52. The van der Waals surface area contributed by atoms with Crippen molar-refractivity contribution >= 4 is 27.7 Å². The summed E-state index contributed by atoms with van der Waals surface area (Å²) in [5.74, 6) is -0.148. The highest BCUT2D eigenvalue weighted by Crippen LogP contribution is 2.40. The van der Waals surface area contributed by atoms with Crippen molar-refractivity contribution in [3.8, 4) is 5.75 Å². The monoisotopic (exact) mass is 390 g/mol. The maximum atomic E-state index is 12.8. The number of fused-ring (bicyclic) bond motifs is 2.